The second-order valence-corrected chi connectivity index (χ2v) is 9.23. The second kappa shape index (κ2) is 7.96. The third kappa shape index (κ3) is 3.56. The number of nitrogens with zero attached hydrogens (tertiary/aromatic N) is 3. The predicted molar refractivity (Wildman–Crippen MR) is 127 cm³/mol. The molecule has 6 nitrogen and oxygen atoms in total. The van der Waals surface area contributed by atoms with Gasteiger partial charge in [-0.2, -0.15) is 9.78 Å². The molecule has 0 bridgehead atoms. The maximum atomic E-state index is 13.3. The van der Waals surface area contributed by atoms with E-state index in [1.807, 2.05) is 30.3 Å². The summed E-state index contributed by atoms with van der Waals surface area (Å²) in [7, 11) is 0. The summed E-state index contributed by atoms with van der Waals surface area (Å²) in [6.45, 7) is 1.76. The van der Waals surface area contributed by atoms with E-state index >= 15 is 0 Å². The number of hydrogen-bond acceptors (Lipinski definition) is 6. The van der Waals surface area contributed by atoms with Crippen molar-refractivity contribution >= 4 is 62.2 Å². The molecular weight excluding hydrogens is 452 g/mol. The molecule has 1 aliphatic heterocycles. The van der Waals surface area contributed by atoms with E-state index in [9.17, 15) is 9.59 Å². The number of aryl methyl sites for hydroxylation is 1. The summed E-state index contributed by atoms with van der Waals surface area (Å²) in [6.07, 6.45) is 0. The van der Waals surface area contributed by atoms with Crippen LogP contribution in [-0.4, -0.2) is 27.0 Å². The van der Waals surface area contributed by atoms with E-state index in [1.54, 1.807) is 31.2 Å². The molecule has 0 aliphatic carbocycles. The standard InChI is InChI=1S/C22H15ClN4O2S2/c1-12-17-20(31-18(12)19(28)24-15-10-6-5-9-14(15)23)25-22-27(21(17)29)26-16(11-30-22)13-7-3-2-4-8-13/h2-10H,11H2,1H3,(H,24,28). The second-order valence-electron chi connectivity index (χ2n) is 6.88. The van der Waals surface area contributed by atoms with Gasteiger partial charge in [-0.05, 0) is 30.2 Å². The van der Waals surface area contributed by atoms with Crippen molar-refractivity contribution in [2.24, 2.45) is 5.10 Å². The highest BCUT2D eigenvalue weighted by Gasteiger charge is 2.24. The van der Waals surface area contributed by atoms with Gasteiger partial charge in [-0.25, -0.2) is 4.98 Å². The van der Waals surface area contributed by atoms with Gasteiger partial charge in [0.25, 0.3) is 11.5 Å². The van der Waals surface area contributed by atoms with Crippen molar-refractivity contribution in [2.45, 2.75) is 12.1 Å². The van der Waals surface area contributed by atoms with Crippen LogP contribution in [0.1, 0.15) is 20.8 Å². The van der Waals surface area contributed by atoms with Crippen LogP contribution in [0, 0.1) is 6.92 Å². The number of amides is 1. The molecule has 0 atom stereocenters. The van der Waals surface area contributed by atoms with Gasteiger partial charge < -0.3 is 5.32 Å². The number of aromatic nitrogens is 2. The molecule has 2 aromatic heterocycles. The minimum Gasteiger partial charge on any atom is -0.320 e. The molecule has 1 aliphatic rings. The first-order valence-electron chi connectivity index (χ1n) is 9.41. The van der Waals surface area contributed by atoms with Crippen LogP contribution in [0.15, 0.2) is 69.6 Å². The van der Waals surface area contributed by atoms with Crippen LogP contribution in [0.5, 0.6) is 0 Å². The van der Waals surface area contributed by atoms with Crippen molar-refractivity contribution in [1.82, 2.24) is 9.66 Å². The maximum absolute atomic E-state index is 13.3. The average molecular weight is 467 g/mol. The van der Waals surface area contributed by atoms with E-state index in [4.69, 9.17) is 11.6 Å². The molecule has 3 heterocycles. The zero-order valence-corrected chi connectivity index (χ0v) is 18.6. The van der Waals surface area contributed by atoms with Crippen LogP contribution in [0.2, 0.25) is 5.02 Å². The number of carbonyl (C=O) groups is 1. The number of benzene rings is 2. The van der Waals surface area contributed by atoms with Crippen LogP contribution in [0.4, 0.5) is 5.69 Å². The van der Waals surface area contributed by atoms with Gasteiger partial charge in [-0.1, -0.05) is 65.8 Å². The topological polar surface area (TPSA) is 76.3 Å². The lowest BCUT2D eigenvalue weighted by Gasteiger charge is -2.15. The largest absolute Gasteiger partial charge is 0.320 e. The molecule has 0 radical (unpaired) electrons. The predicted octanol–water partition coefficient (Wildman–Crippen LogP) is 5.03. The van der Waals surface area contributed by atoms with Crippen LogP contribution in [-0.2, 0) is 0 Å². The van der Waals surface area contributed by atoms with Gasteiger partial charge >= 0.3 is 0 Å². The number of nitrogens with one attached hydrogen (secondary N) is 1. The fourth-order valence-electron chi connectivity index (χ4n) is 3.35. The van der Waals surface area contributed by atoms with Gasteiger partial charge in [-0.3, -0.25) is 9.59 Å². The smallest absolute Gasteiger partial charge is 0.283 e. The van der Waals surface area contributed by atoms with Crippen molar-refractivity contribution < 1.29 is 4.79 Å². The first kappa shape index (κ1) is 20.0. The Hall–Kier alpha value is -2.94. The van der Waals surface area contributed by atoms with Crippen molar-refractivity contribution in [1.29, 1.82) is 0 Å². The molecule has 5 rings (SSSR count). The van der Waals surface area contributed by atoms with Crippen LogP contribution in [0.3, 0.4) is 0 Å². The third-order valence-electron chi connectivity index (χ3n) is 4.91. The number of anilines is 1. The van der Waals surface area contributed by atoms with Gasteiger partial charge in [-0.15, -0.1) is 11.3 Å². The summed E-state index contributed by atoms with van der Waals surface area (Å²) in [5.74, 6) is 0.295. The molecule has 0 unspecified atom stereocenters. The Balaban J connectivity index is 1.58. The molecular formula is C22H15ClN4O2S2. The monoisotopic (exact) mass is 466 g/mol. The summed E-state index contributed by atoms with van der Waals surface area (Å²) in [4.78, 5) is 31.8. The first-order valence-corrected chi connectivity index (χ1v) is 11.6. The average Bonchev–Trinajstić information content (AvgIpc) is 3.12. The molecule has 0 saturated heterocycles. The lowest BCUT2D eigenvalue weighted by atomic mass is 10.1. The van der Waals surface area contributed by atoms with Gasteiger partial charge in [0.05, 0.1) is 26.7 Å². The van der Waals surface area contributed by atoms with E-state index < -0.39 is 0 Å². The Morgan fingerprint density at radius 2 is 1.87 bits per heavy atom. The minimum absolute atomic E-state index is 0.272. The Labute approximate surface area is 190 Å². The number of rotatable bonds is 3. The first-order chi connectivity index (χ1) is 15.0. The summed E-state index contributed by atoms with van der Waals surface area (Å²) >= 11 is 8.81. The number of carbonyl (C=O) groups excluding carboxylic acids is 1. The van der Waals surface area contributed by atoms with Gasteiger partial charge in [0.15, 0.2) is 5.16 Å². The van der Waals surface area contributed by atoms with Gasteiger partial charge in [0, 0.05) is 5.75 Å². The maximum Gasteiger partial charge on any atom is 0.283 e. The SMILES string of the molecule is Cc1c(C(=O)Nc2ccccc2Cl)sc2nc3n(c(=O)c12)N=C(c1ccccc1)CS3. The minimum atomic E-state index is -0.322. The number of thioether (sulfide) groups is 1. The normalized spacial score (nSPS) is 13.0. The number of para-hydroxylation sites is 1. The van der Waals surface area contributed by atoms with Crippen LogP contribution in [0.25, 0.3) is 10.2 Å². The Kier molecular flexibility index (Phi) is 5.13. The molecule has 9 heteroatoms. The van der Waals surface area contributed by atoms with Gasteiger partial charge in [0.2, 0.25) is 0 Å². The number of halogens is 1. The zero-order valence-electron chi connectivity index (χ0n) is 16.3. The van der Waals surface area contributed by atoms with E-state index in [0.29, 0.717) is 42.3 Å². The van der Waals surface area contributed by atoms with E-state index in [0.717, 1.165) is 11.3 Å². The summed E-state index contributed by atoms with van der Waals surface area (Å²) in [5.41, 5.74) is 2.61. The number of hydrogen-bond donors (Lipinski definition) is 1. The number of thiophene rings is 1. The molecule has 31 heavy (non-hydrogen) atoms. The highest BCUT2D eigenvalue weighted by Crippen LogP contribution is 2.32. The molecule has 0 spiro atoms. The molecule has 1 amide bonds. The van der Waals surface area contributed by atoms with Crippen LogP contribution < -0.4 is 10.9 Å². The lowest BCUT2D eigenvalue weighted by Crippen LogP contribution is -2.25. The fourth-order valence-corrected chi connectivity index (χ4v) is 5.55. The molecule has 2 aromatic carbocycles. The highest BCUT2D eigenvalue weighted by molar-refractivity contribution is 7.99. The van der Waals surface area contributed by atoms with Crippen molar-refractivity contribution in [3.05, 3.63) is 86.0 Å². The fraction of sp³-hybridized carbons (Fsp3) is 0.0909. The molecule has 1 N–H and O–H groups in total. The summed E-state index contributed by atoms with van der Waals surface area (Å²) < 4.78 is 1.34. The van der Waals surface area contributed by atoms with Crippen molar-refractivity contribution in [3.63, 3.8) is 0 Å². The zero-order chi connectivity index (χ0) is 21.5. The van der Waals surface area contributed by atoms with Crippen molar-refractivity contribution in [2.75, 3.05) is 11.1 Å². The van der Waals surface area contributed by atoms with Crippen molar-refractivity contribution in [3.8, 4) is 0 Å². The molecule has 4 aromatic rings. The van der Waals surface area contributed by atoms with E-state index in [1.165, 1.54) is 27.8 Å². The molecule has 154 valence electrons. The summed E-state index contributed by atoms with van der Waals surface area (Å²) in [5, 5.41) is 8.76. The lowest BCUT2D eigenvalue weighted by molar-refractivity contribution is 0.103. The Morgan fingerprint density at radius 3 is 2.65 bits per heavy atom. The van der Waals surface area contributed by atoms with Crippen LogP contribution >= 0.6 is 34.7 Å². The van der Waals surface area contributed by atoms with E-state index in [2.05, 4.69) is 15.4 Å². The quantitative estimate of drug-likeness (QED) is 0.429. The summed E-state index contributed by atoms with van der Waals surface area (Å²) in [6, 6.07) is 16.8. The van der Waals surface area contributed by atoms with E-state index in [-0.39, 0.29) is 11.5 Å². The molecule has 0 saturated carbocycles. The Morgan fingerprint density at radius 1 is 1.13 bits per heavy atom. The number of fused-ring (bicyclic) bond motifs is 2. The Bertz CT molecular complexity index is 1430. The third-order valence-corrected chi connectivity index (χ3v) is 7.36. The highest BCUT2D eigenvalue weighted by atomic mass is 35.5. The molecule has 0 fully saturated rings. The van der Waals surface area contributed by atoms with Gasteiger partial charge in [0.1, 0.15) is 4.83 Å².